The van der Waals surface area contributed by atoms with Crippen LogP contribution in [0.2, 0.25) is 0 Å². The molecule has 0 saturated carbocycles. The van der Waals surface area contributed by atoms with Crippen LogP contribution in [0.3, 0.4) is 0 Å². The monoisotopic (exact) mass is 553 g/mol. The summed E-state index contributed by atoms with van der Waals surface area (Å²) in [6.45, 7) is 9.78. The van der Waals surface area contributed by atoms with Gasteiger partial charge in [-0.2, -0.15) is 0 Å². The Morgan fingerprint density at radius 2 is 2.00 bits per heavy atom. The number of thioether (sulfide) groups is 1. The molecule has 8 heteroatoms. The maximum atomic E-state index is 11.5. The second kappa shape index (κ2) is 12.4. The number of aliphatic imine (C=N–C) groups is 1. The van der Waals surface area contributed by atoms with Crippen molar-refractivity contribution < 1.29 is 8.42 Å². The lowest BCUT2D eigenvalue weighted by Gasteiger charge is -2.26. The van der Waals surface area contributed by atoms with E-state index < -0.39 is 9.84 Å². The number of hydrogen-bond acceptors (Lipinski definition) is 4. The maximum Gasteiger partial charge on any atom is 0.193 e. The second-order valence-corrected chi connectivity index (χ2v) is 11.8. The summed E-state index contributed by atoms with van der Waals surface area (Å²) in [7, 11) is -2.94. The Morgan fingerprint density at radius 3 is 2.62 bits per heavy atom. The van der Waals surface area contributed by atoms with Crippen LogP contribution in [0.25, 0.3) is 0 Å². The fourth-order valence-corrected chi connectivity index (χ4v) is 5.12. The summed E-state index contributed by atoms with van der Waals surface area (Å²) >= 11 is 1.93. The van der Waals surface area contributed by atoms with Crippen LogP contribution in [0, 0.1) is 11.3 Å². The first-order valence-electron chi connectivity index (χ1n) is 10.1. The minimum atomic E-state index is -2.94. The van der Waals surface area contributed by atoms with Crippen LogP contribution < -0.4 is 5.32 Å². The maximum absolute atomic E-state index is 11.5. The lowest BCUT2D eigenvalue weighted by atomic mass is 9.90. The molecule has 2 rings (SSSR count). The van der Waals surface area contributed by atoms with Crippen molar-refractivity contribution in [3.63, 3.8) is 0 Å². The highest BCUT2D eigenvalue weighted by molar-refractivity contribution is 14.0. The van der Waals surface area contributed by atoms with Crippen molar-refractivity contribution in [1.82, 2.24) is 10.2 Å². The molecule has 0 aliphatic carbocycles. The average Bonchev–Trinajstić information content (AvgIpc) is 3.11. The first kappa shape index (κ1) is 26.6. The molecule has 1 aromatic rings. The van der Waals surface area contributed by atoms with E-state index in [4.69, 9.17) is 4.99 Å². The number of likely N-dealkylation sites (tertiary alicyclic amines) is 1. The third kappa shape index (κ3) is 10.4. The first-order chi connectivity index (χ1) is 13.2. The predicted molar refractivity (Wildman–Crippen MR) is 136 cm³/mol. The van der Waals surface area contributed by atoms with Crippen LogP contribution in [0.1, 0.15) is 33.6 Å². The topological polar surface area (TPSA) is 61.8 Å². The second-order valence-electron chi connectivity index (χ2n) is 8.44. The summed E-state index contributed by atoms with van der Waals surface area (Å²) in [6.07, 6.45) is 3.11. The van der Waals surface area contributed by atoms with E-state index in [0.717, 1.165) is 31.3 Å². The number of nitrogens with zero attached hydrogens (tertiary/aromatic N) is 2. The Labute approximate surface area is 198 Å². The minimum Gasteiger partial charge on any atom is -0.357 e. The fourth-order valence-electron chi connectivity index (χ4n) is 3.15. The molecule has 1 aromatic carbocycles. The van der Waals surface area contributed by atoms with Gasteiger partial charge < -0.3 is 10.2 Å². The number of hydrogen-bond donors (Lipinski definition) is 1. The molecule has 0 aromatic heterocycles. The summed E-state index contributed by atoms with van der Waals surface area (Å²) in [4.78, 5) is 8.53. The van der Waals surface area contributed by atoms with Gasteiger partial charge in [0.2, 0.25) is 0 Å². The van der Waals surface area contributed by atoms with Crippen molar-refractivity contribution in [2.24, 2.45) is 16.3 Å². The molecular weight excluding hydrogens is 517 g/mol. The highest BCUT2D eigenvalue weighted by Gasteiger charge is 2.26. The first-order valence-corrected chi connectivity index (χ1v) is 13.1. The molecule has 0 amide bonds. The van der Waals surface area contributed by atoms with E-state index in [9.17, 15) is 8.42 Å². The van der Waals surface area contributed by atoms with Crippen LogP contribution >= 0.6 is 35.7 Å². The van der Waals surface area contributed by atoms with Gasteiger partial charge in [0.15, 0.2) is 5.96 Å². The Hall–Kier alpha value is -0.480. The van der Waals surface area contributed by atoms with E-state index in [2.05, 4.69) is 61.3 Å². The summed E-state index contributed by atoms with van der Waals surface area (Å²) in [5.74, 6) is 2.96. The van der Waals surface area contributed by atoms with Gasteiger partial charge >= 0.3 is 0 Å². The van der Waals surface area contributed by atoms with Crippen molar-refractivity contribution in [3.8, 4) is 0 Å². The fraction of sp³-hybridized carbons (Fsp3) is 0.667. The highest BCUT2D eigenvalue weighted by atomic mass is 127. The summed E-state index contributed by atoms with van der Waals surface area (Å²) < 4.78 is 22.9. The molecule has 166 valence electrons. The minimum absolute atomic E-state index is 0. The molecule has 1 fully saturated rings. The van der Waals surface area contributed by atoms with Crippen molar-refractivity contribution >= 4 is 51.5 Å². The molecule has 29 heavy (non-hydrogen) atoms. The largest absolute Gasteiger partial charge is 0.357 e. The van der Waals surface area contributed by atoms with E-state index >= 15 is 0 Å². The normalized spacial score (nSPS) is 17.9. The SMILES string of the molecule is CCNC(=NCC(C)(C)CCS(C)(=O)=O)N1CCC(CSc2ccccc2)C1.I. The summed E-state index contributed by atoms with van der Waals surface area (Å²) in [6, 6.07) is 10.6. The Balaban J connectivity index is 0.00000420. The van der Waals surface area contributed by atoms with Crippen molar-refractivity contribution in [2.45, 2.75) is 38.5 Å². The number of rotatable bonds is 9. The number of nitrogens with one attached hydrogen (secondary N) is 1. The zero-order chi connectivity index (χ0) is 20.6. The number of halogens is 1. The highest BCUT2D eigenvalue weighted by Crippen LogP contribution is 2.26. The van der Waals surface area contributed by atoms with Gasteiger partial charge in [-0.1, -0.05) is 32.0 Å². The molecule has 1 atom stereocenters. The lowest BCUT2D eigenvalue weighted by molar-refractivity contribution is 0.361. The Morgan fingerprint density at radius 1 is 1.31 bits per heavy atom. The molecule has 1 saturated heterocycles. The molecule has 1 aliphatic heterocycles. The van der Waals surface area contributed by atoms with E-state index in [1.807, 2.05) is 11.8 Å². The van der Waals surface area contributed by atoms with Gasteiger partial charge in [0.05, 0.1) is 5.75 Å². The molecule has 1 aliphatic rings. The molecule has 0 spiro atoms. The average molecular weight is 554 g/mol. The van der Waals surface area contributed by atoms with Crippen molar-refractivity contribution in [1.29, 1.82) is 0 Å². The van der Waals surface area contributed by atoms with Gasteiger partial charge in [-0.3, -0.25) is 4.99 Å². The summed E-state index contributed by atoms with van der Waals surface area (Å²) in [5.41, 5.74) is -0.133. The smallest absolute Gasteiger partial charge is 0.193 e. The van der Waals surface area contributed by atoms with Crippen LogP contribution in [-0.4, -0.2) is 63.2 Å². The number of benzene rings is 1. The number of sulfone groups is 1. The zero-order valence-corrected chi connectivity index (χ0v) is 22.0. The van der Waals surface area contributed by atoms with Gasteiger partial charge in [0.1, 0.15) is 9.84 Å². The van der Waals surface area contributed by atoms with E-state index in [1.165, 1.54) is 17.6 Å². The standard InChI is InChI=1S/C21H35N3O2S2.HI/c1-5-22-20(23-17-21(2,3)12-14-28(4,25)26)24-13-11-18(15-24)16-27-19-9-7-6-8-10-19;/h6-10,18H,5,11-17H2,1-4H3,(H,22,23);1H. The lowest BCUT2D eigenvalue weighted by Crippen LogP contribution is -2.41. The van der Waals surface area contributed by atoms with Gasteiger partial charge in [0, 0.05) is 43.1 Å². The van der Waals surface area contributed by atoms with Crippen LogP contribution in [0.15, 0.2) is 40.2 Å². The predicted octanol–water partition coefficient (Wildman–Crippen LogP) is 4.15. The Bertz CT molecular complexity index is 740. The molecule has 0 bridgehead atoms. The van der Waals surface area contributed by atoms with Crippen LogP contribution in [0.4, 0.5) is 0 Å². The molecule has 0 radical (unpaired) electrons. The molecule has 1 N–H and O–H groups in total. The van der Waals surface area contributed by atoms with Crippen LogP contribution in [0.5, 0.6) is 0 Å². The van der Waals surface area contributed by atoms with Gasteiger partial charge in [-0.15, -0.1) is 35.7 Å². The summed E-state index contributed by atoms with van der Waals surface area (Å²) in [5, 5.41) is 3.41. The third-order valence-electron chi connectivity index (χ3n) is 4.96. The molecule has 5 nitrogen and oxygen atoms in total. The molecule has 1 heterocycles. The van der Waals surface area contributed by atoms with Gasteiger partial charge in [0.25, 0.3) is 0 Å². The van der Waals surface area contributed by atoms with Gasteiger partial charge in [-0.25, -0.2) is 8.42 Å². The van der Waals surface area contributed by atoms with E-state index in [-0.39, 0.29) is 35.1 Å². The zero-order valence-electron chi connectivity index (χ0n) is 18.1. The molecule has 1 unspecified atom stereocenters. The van der Waals surface area contributed by atoms with Crippen molar-refractivity contribution in [2.75, 3.05) is 43.9 Å². The molecular formula is C21H36IN3O2S2. The van der Waals surface area contributed by atoms with Crippen molar-refractivity contribution in [3.05, 3.63) is 30.3 Å². The third-order valence-corrected chi connectivity index (χ3v) is 7.14. The Kier molecular flexibility index (Phi) is 11.3. The van der Waals surface area contributed by atoms with E-state index in [0.29, 0.717) is 18.9 Å². The van der Waals surface area contributed by atoms with Gasteiger partial charge in [-0.05, 0) is 43.2 Å². The van der Waals surface area contributed by atoms with E-state index in [1.54, 1.807) is 0 Å². The number of guanidine groups is 1. The van der Waals surface area contributed by atoms with Crippen LogP contribution in [-0.2, 0) is 9.84 Å². The quantitative estimate of drug-likeness (QED) is 0.216.